The van der Waals surface area contributed by atoms with Gasteiger partial charge in [-0.15, -0.1) is 0 Å². The zero-order valence-corrected chi connectivity index (χ0v) is 16.7. The second-order valence-electron chi connectivity index (χ2n) is 6.57. The molecule has 150 valence electrons. The molecule has 3 rings (SSSR count). The van der Waals surface area contributed by atoms with Gasteiger partial charge in [0.2, 0.25) is 5.91 Å². The summed E-state index contributed by atoms with van der Waals surface area (Å²) in [6.07, 6.45) is 4.01. The first kappa shape index (κ1) is 20.9. The van der Waals surface area contributed by atoms with Gasteiger partial charge in [-0.25, -0.2) is 0 Å². The largest absolute Gasteiger partial charge is 0.550 e. The quantitative estimate of drug-likeness (QED) is 0.707. The van der Waals surface area contributed by atoms with Crippen molar-refractivity contribution in [2.24, 2.45) is 11.8 Å². The number of hydrogen-bond acceptors (Lipinski definition) is 4. The van der Waals surface area contributed by atoms with Crippen LogP contribution in [0.25, 0.3) is 0 Å². The van der Waals surface area contributed by atoms with E-state index < -0.39 is 29.6 Å². The van der Waals surface area contributed by atoms with Crippen LogP contribution >= 0.6 is 23.2 Å². The van der Waals surface area contributed by atoms with E-state index in [1.54, 1.807) is 54.6 Å². The fraction of sp³-hybridized carbons (Fsp3) is 0.190. The standard InChI is InChI=1S/C21H18Cl2N2O4/c22-15-9-5-11-17(18(15)23)25-20(27)14-8-3-4-10-16(14)24-19(26)12-6-1-2-7-13(12)21(28)29/h1-5,8-13H,6-7H2,(H,24,26)(H,25,27)(H,28,29)/p-1. The van der Waals surface area contributed by atoms with Gasteiger partial charge in [0.1, 0.15) is 0 Å². The molecule has 2 unspecified atom stereocenters. The Balaban J connectivity index is 1.80. The SMILES string of the molecule is O=C(Nc1cccc(Cl)c1Cl)c1ccccc1NC(=O)C1CC=CCC1C(=O)[O-]. The molecule has 2 N–H and O–H groups in total. The molecule has 0 saturated carbocycles. The Kier molecular flexibility index (Phi) is 6.56. The van der Waals surface area contributed by atoms with Crippen molar-refractivity contribution < 1.29 is 19.5 Å². The van der Waals surface area contributed by atoms with Crippen molar-refractivity contribution in [1.82, 2.24) is 0 Å². The maximum atomic E-state index is 12.7. The van der Waals surface area contributed by atoms with Crippen LogP contribution in [0.5, 0.6) is 0 Å². The highest BCUT2D eigenvalue weighted by atomic mass is 35.5. The van der Waals surface area contributed by atoms with E-state index in [0.717, 1.165) is 0 Å². The summed E-state index contributed by atoms with van der Waals surface area (Å²) in [7, 11) is 0. The number of nitrogens with one attached hydrogen (secondary N) is 2. The average Bonchev–Trinajstić information content (AvgIpc) is 2.71. The van der Waals surface area contributed by atoms with Gasteiger partial charge in [0.15, 0.2) is 0 Å². The number of aliphatic carboxylic acids is 1. The molecule has 0 aromatic heterocycles. The van der Waals surface area contributed by atoms with E-state index in [-0.39, 0.29) is 29.1 Å². The van der Waals surface area contributed by atoms with Crippen LogP contribution in [-0.4, -0.2) is 17.8 Å². The van der Waals surface area contributed by atoms with Crippen molar-refractivity contribution in [3.05, 3.63) is 70.2 Å². The van der Waals surface area contributed by atoms with Crippen molar-refractivity contribution >= 4 is 52.4 Å². The molecule has 0 bridgehead atoms. The number of carbonyl (C=O) groups is 3. The van der Waals surface area contributed by atoms with Gasteiger partial charge < -0.3 is 20.5 Å². The summed E-state index contributed by atoms with van der Waals surface area (Å²) in [5.74, 6) is -3.93. The summed E-state index contributed by atoms with van der Waals surface area (Å²) >= 11 is 12.1. The maximum Gasteiger partial charge on any atom is 0.257 e. The monoisotopic (exact) mass is 431 g/mol. The second-order valence-corrected chi connectivity index (χ2v) is 7.35. The minimum Gasteiger partial charge on any atom is -0.550 e. The van der Waals surface area contributed by atoms with Crippen LogP contribution in [0.1, 0.15) is 23.2 Å². The van der Waals surface area contributed by atoms with Crippen molar-refractivity contribution in [3.63, 3.8) is 0 Å². The van der Waals surface area contributed by atoms with Crippen LogP contribution in [0.3, 0.4) is 0 Å². The number of benzene rings is 2. The van der Waals surface area contributed by atoms with Gasteiger partial charge in [0.05, 0.1) is 32.9 Å². The minimum absolute atomic E-state index is 0.202. The maximum absolute atomic E-state index is 12.7. The van der Waals surface area contributed by atoms with Crippen LogP contribution in [0, 0.1) is 11.8 Å². The molecule has 6 nitrogen and oxygen atoms in total. The first-order valence-corrected chi connectivity index (χ1v) is 9.65. The summed E-state index contributed by atoms with van der Waals surface area (Å²) in [6, 6.07) is 11.3. The molecule has 2 aromatic carbocycles. The number of para-hydroxylation sites is 1. The number of allylic oxidation sites excluding steroid dienone is 2. The third kappa shape index (κ3) is 4.78. The van der Waals surface area contributed by atoms with Crippen LogP contribution < -0.4 is 15.7 Å². The molecule has 1 aliphatic rings. The van der Waals surface area contributed by atoms with Crippen molar-refractivity contribution in [1.29, 1.82) is 0 Å². The van der Waals surface area contributed by atoms with E-state index in [2.05, 4.69) is 10.6 Å². The molecule has 0 saturated heterocycles. The van der Waals surface area contributed by atoms with E-state index in [4.69, 9.17) is 23.2 Å². The Bertz CT molecular complexity index is 990. The highest BCUT2D eigenvalue weighted by Crippen LogP contribution is 2.31. The molecule has 0 spiro atoms. The molecular weight excluding hydrogens is 415 g/mol. The lowest BCUT2D eigenvalue weighted by Crippen LogP contribution is -2.41. The molecule has 0 heterocycles. The van der Waals surface area contributed by atoms with Crippen LogP contribution in [-0.2, 0) is 9.59 Å². The lowest BCUT2D eigenvalue weighted by molar-refractivity contribution is -0.313. The number of halogens is 2. The first-order chi connectivity index (χ1) is 13.9. The van der Waals surface area contributed by atoms with Gasteiger partial charge in [-0.3, -0.25) is 9.59 Å². The Hall–Kier alpha value is -2.83. The van der Waals surface area contributed by atoms with Gasteiger partial charge in [-0.1, -0.05) is 53.6 Å². The van der Waals surface area contributed by atoms with E-state index >= 15 is 0 Å². The highest BCUT2D eigenvalue weighted by molar-refractivity contribution is 6.44. The molecular formula is C21H17Cl2N2O4-. The molecule has 29 heavy (non-hydrogen) atoms. The van der Waals surface area contributed by atoms with E-state index in [1.165, 1.54) is 0 Å². The van der Waals surface area contributed by atoms with E-state index in [1.807, 2.05) is 0 Å². The summed E-state index contributed by atoms with van der Waals surface area (Å²) in [5.41, 5.74) is 0.799. The van der Waals surface area contributed by atoms with Gasteiger partial charge in [-0.2, -0.15) is 0 Å². The minimum atomic E-state index is -1.27. The molecule has 0 aliphatic heterocycles. The number of amides is 2. The lowest BCUT2D eigenvalue weighted by Gasteiger charge is -2.28. The van der Waals surface area contributed by atoms with Crippen LogP contribution in [0.15, 0.2) is 54.6 Å². The molecule has 2 atom stereocenters. The van der Waals surface area contributed by atoms with Crippen molar-refractivity contribution in [2.45, 2.75) is 12.8 Å². The van der Waals surface area contributed by atoms with Gasteiger partial charge in [-0.05, 0) is 37.1 Å². The van der Waals surface area contributed by atoms with Gasteiger partial charge in [0, 0.05) is 11.9 Å². The zero-order chi connectivity index (χ0) is 21.0. The Morgan fingerprint density at radius 1 is 0.862 bits per heavy atom. The summed E-state index contributed by atoms with van der Waals surface area (Å²) in [5, 5.41) is 17.2. The second kappa shape index (κ2) is 9.11. The fourth-order valence-corrected chi connectivity index (χ4v) is 3.52. The Morgan fingerprint density at radius 2 is 1.52 bits per heavy atom. The normalized spacial score (nSPS) is 18.1. The van der Waals surface area contributed by atoms with Crippen molar-refractivity contribution in [2.75, 3.05) is 10.6 Å². The zero-order valence-electron chi connectivity index (χ0n) is 15.2. The fourth-order valence-electron chi connectivity index (χ4n) is 3.17. The third-order valence-electron chi connectivity index (χ3n) is 4.70. The molecule has 0 fully saturated rings. The number of anilines is 2. The van der Waals surface area contributed by atoms with E-state index in [0.29, 0.717) is 10.7 Å². The van der Waals surface area contributed by atoms with E-state index in [9.17, 15) is 19.5 Å². The molecule has 2 aromatic rings. The third-order valence-corrected chi connectivity index (χ3v) is 5.52. The smallest absolute Gasteiger partial charge is 0.257 e. The molecule has 8 heteroatoms. The number of rotatable bonds is 5. The van der Waals surface area contributed by atoms with Crippen molar-refractivity contribution in [3.8, 4) is 0 Å². The Morgan fingerprint density at radius 3 is 2.24 bits per heavy atom. The van der Waals surface area contributed by atoms with Gasteiger partial charge in [0.25, 0.3) is 5.91 Å². The predicted octanol–water partition coefficient (Wildman–Crippen LogP) is 3.52. The highest BCUT2D eigenvalue weighted by Gasteiger charge is 2.30. The number of hydrogen-bond donors (Lipinski definition) is 2. The summed E-state index contributed by atoms with van der Waals surface area (Å²) in [4.78, 5) is 36.8. The topological polar surface area (TPSA) is 98.3 Å². The average molecular weight is 432 g/mol. The summed E-state index contributed by atoms with van der Waals surface area (Å²) < 4.78 is 0. The molecule has 1 aliphatic carbocycles. The van der Waals surface area contributed by atoms with Gasteiger partial charge >= 0.3 is 0 Å². The number of carbonyl (C=O) groups excluding carboxylic acids is 3. The summed E-state index contributed by atoms with van der Waals surface area (Å²) in [6.45, 7) is 0. The van der Waals surface area contributed by atoms with Crippen LogP contribution in [0.4, 0.5) is 11.4 Å². The lowest BCUT2D eigenvalue weighted by atomic mass is 9.82. The number of carboxylic acids is 1. The van der Waals surface area contributed by atoms with Crippen LogP contribution in [0.2, 0.25) is 10.0 Å². The Labute approximate surface area is 177 Å². The predicted molar refractivity (Wildman–Crippen MR) is 110 cm³/mol. The number of carboxylic acid groups (broad SMARTS) is 1. The molecule has 0 radical (unpaired) electrons. The first-order valence-electron chi connectivity index (χ1n) is 8.89. The molecule has 2 amide bonds.